The lowest BCUT2D eigenvalue weighted by atomic mass is 10.1. The van der Waals surface area contributed by atoms with Gasteiger partial charge in [0.1, 0.15) is 4.90 Å². The lowest BCUT2D eigenvalue weighted by molar-refractivity contribution is 0.0785. The van der Waals surface area contributed by atoms with Crippen LogP contribution in [-0.4, -0.2) is 45.4 Å². The predicted octanol–water partition coefficient (Wildman–Crippen LogP) is 4.04. The quantitative estimate of drug-likeness (QED) is 0.675. The first-order valence-electron chi connectivity index (χ1n) is 10.8. The fourth-order valence-corrected chi connectivity index (χ4v) is 5.79. The molecule has 0 bridgehead atoms. The zero-order valence-corrected chi connectivity index (χ0v) is 19.3. The summed E-state index contributed by atoms with van der Waals surface area (Å²) in [5, 5.41) is 0.114. The summed E-state index contributed by atoms with van der Waals surface area (Å²) >= 11 is 6.16. The minimum Gasteiger partial charge on any atom is -0.371 e. The van der Waals surface area contributed by atoms with E-state index >= 15 is 0 Å². The smallest absolute Gasteiger partial charge is 0.253 e. The Morgan fingerprint density at radius 1 is 1.13 bits per heavy atom. The molecule has 2 fully saturated rings. The molecule has 4 rings (SSSR count). The Hall–Kier alpha value is -2.09. The highest BCUT2D eigenvalue weighted by atomic mass is 35.5. The largest absolute Gasteiger partial charge is 0.371 e. The molecular formula is C23H28ClN3O3S. The van der Waals surface area contributed by atoms with Crippen molar-refractivity contribution in [3.05, 3.63) is 58.6 Å². The van der Waals surface area contributed by atoms with Crippen LogP contribution in [0.4, 0.5) is 5.69 Å². The monoisotopic (exact) mass is 461 g/mol. The van der Waals surface area contributed by atoms with Gasteiger partial charge in [-0.2, -0.15) is 0 Å². The number of carbonyl (C=O) groups excluding carboxylic acids is 1. The maximum absolute atomic E-state index is 13.1. The summed E-state index contributed by atoms with van der Waals surface area (Å²) in [6, 6.07) is 12.6. The van der Waals surface area contributed by atoms with E-state index in [1.54, 1.807) is 18.0 Å². The third-order valence-electron chi connectivity index (χ3n) is 5.81. The van der Waals surface area contributed by atoms with Crippen molar-refractivity contribution in [1.82, 2.24) is 9.62 Å². The van der Waals surface area contributed by atoms with E-state index in [1.807, 2.05) is 18.2 Å². The first-order valence-corrected chi connectivity index (χ1v) is 12.6. The van der Waals surface area contributed by atoms with Crippen molar-refractivity contribution >= 4 is 33.2 Å². The van der Waals surface area contributed by atoms with Crippen molar-refractivity contribution in [2.75, 3.05) is 25.0 Å². The molecule has 1 N–H and O–H groups in total. The van der Waals surface area contributed by atoms with Crippen LogP contribution in [0.25, 0.3) is 0 Å². The first kappa shape index (κ1) is 22.1. The highest BCUT2D eigenvalue weighted by Crippen LogP contribution is 2.28. The number of carbonyl (C=O) groups is 1. The normalized spacial score (nSPS) is 16.9. The zero-order valence-electron chi connectivity index (χ0n) is 17.7. The number of hydrogen-bond acceptors (Lipinski definition) is 4. The predicted molar refractivity (Wildman–Crippen MR) is 123 cm³/mol. The first-order chi connectivity index (χ1) is 14.8. The molecule has 1 heterocycles. The van der Waals surface area contributed by atoms with Crippen LogP contribution >= 0.6 is 11.6 Å². The zero-order chi connectivity index (χ0) is 22.0. The van der Waals surface area contributed by atoms with E-state index in [0.717, 1.165) is 37.2 Å². The van der Waals surface area contributed by atoms with Crippen molar-refractivity contribution in [3.8, 4) is 0 Å². The van der Waals surface area contributed by atoms with Gasteiger partial charge in [-0.15, -0.1) is 0 Å². The van der Waals surface area contributed by atoms with Crippen LogP contribution in [0.1, 0.15) is 48.0 Å². The molecule has 2 aromatic carbocycles. The molecule has 1 saturated heterocycles. The van der Waals surface area contributed by atoms with Gasteiger partial charge in [-0.05, 0) is 61.9 Å². The number of nitrogens with zero attached hydrogens (tertiary/aromatic N) is 2. The number of anilines is 1. The Kier molecular flexibility index (Phi) is 6.55. The highest BCUT2D eigenvalue weighted by molar-refractivity contribution is 7.89. The van der Waals surface area contributed by atoms with E-state index in [2.05, 4.69) is 15.7 Å². The molecule has 2 aliphatic rings. The van der Waals surface area contributed by atoms with Gasteiger partial charge in [0, 0.05) is 44.0 Å². The standard InChI is InChI=1S/C23H28ClN3O3S/c1-26(16-18-7-3-4-8-21(18)27-13-5-2-6-14-27)23(28)17-9-12-20(24)22(15-17)31(29,30)25-19-10-11-19/h3-4,7-9,12,15,19,25H,2,5-6,10-11,13-14,16H2,1H3. The number of piperidine rings is 1. The summed E-state index contributed by atoms with van der Waals surface area (Å²) in [4.78, 5) is 17.1. The molecule has 31 heavy (non-hydrogen) atoms. The fourth-order valence-electron chi connectivity index (χ4n) is 3.96. The van der Waals surface area contributed by atoms with Gasteiger partial charge in [-0.3, -0.25) is 4.79 Å². The van der Waals surface area contributed by atoms with Gasteiger partial charge in [-0.25, -0.2) is 13.1 Å². The molecule has 1 aliphatic heterocycles. The van der Waals surface area contributed by atoms with E-state index in [4.69, 9.17) is 11.6 Å². The maximum atomic E-state index is 13.1. The van der Waals surface area contributed by atoms with Crippen LogP contribution in [0.5, 0.6) is 0 Å². The van der Waals surface area contributed by atoms with E-state index in [-0.39, 0.29) is 21.9 Å². The van der Waals surface area contributed by atoms with Crippen LogP contribution in [0.15, 0.2) is 47.4 Å². The Balaban J connectivity index is 1.53. The number of para-hydroxylation sites is 1. The molecule has 0 aromatic heterocycles. The topological polar surface area (TPSA) is 69.7 Å². The molecule has 166 valence electrons. The van der Waals surface area contributed by atoms with E-state index in [9.17, 15) is 13.2 Å². The Labute approximate surface area is 189 Å². The minimum absolute atomic E-state index is 0.0330. The molecule has 2 aromatic rings. The van der Waals surface area contributed by atoms with Gasteiger partial charge in [0.05, 0.1) is 5.02 Å². The second-order valence-electron chi connectivity index (χ2n) is 8.38. The molecule has 0 spiro atoms. The number of halogens is 1. The second kappa shape index (κ2) is 9.18. The van der Waals surface area contributed by atoms with Crippen LogP contribution < -0.4 is 9.62 Å². The number of hydrogen-bond donors (Lipinski definition) is 1. The van der Waals surface area contributed by atoms with Crippen molar-refractivity contribution in [2.45, 2.75) is 49.6 Å². The highest BCUT2D eigenvalue weighted by Gasteiger charge is 2.30. The molecule has 0 unspecified atom stereocenters. The van der Waals surface area contributed by atoms with E-state index in [0.29, 0.717) is 12.1 Å². The summed E-state index contributed by atoms with van der Waals surface area (Å²) in [6.45, 7) is 2.50. The number of amides is 1. The molecule has 0 atom stereocenters. The Bertz CT molecular complexity index is 1060. The third kappa shape index (κ3) is 5.22. The van der Waals surface area contributed by atoms with Crippen molar-refractivity contribution in [2.24, 2.45) is 0 Å². The van der Waals surface area contributed by atoms with Gasteiger partial charge in [-0.1, -0.05) is 29.8 Å². The lowest BCUT2D eigenvalue weighted by Crippen LogP contribution is -2.32. The van der Waals surface area contributed by atoms with E-state index in [1.165, 1.54) is 31.4 Å². The SMILES string of the molecule is CN(Cc1ccccc1N1CCCCC1)C(=O)c1ccc(Cl)c(S(=O)(=O)NC2CC2)c1. The van der Waals surface area contributed by atoms with Crippen LogP contribution in [0.2, 0.25) is 5.02 Å². The molecule has 6 nitrogen and oxygen atoms in total. The summed E-state index contributed by atoms with van der Waals surface area (Å²) in [6.07, 6.45) is 5.28. The number of rotatable bonds is 7. The van der Waals surface area contributed by atoms with Gasteiger partial charge in [0.2, 0.25) is 10.0 Å². The summed E-state index contributed by atoms with van der Waals surface area (Å²) in [5.41, 5.74) is 2.55. The fraction of sp³-hybridized carbons (Fsp3) is 0.435. The summed E-state index contributed by atoms with van der Waals surface area (Å²) in [7, 11) is -2.01. The summed E-state index contributed by atoms with van der Waals surface area (Å²) < 4.78 is 27.9. The van der Waals surface area contributed by atoms with Crippen LogP contribution in [0, 0.1) is 0 Å². The molecular weight excluding hydrogens is 434 g/mol. The van der Waals surface area contributed by atoms with Gasteiger partial charge >= 0.3 is 0 Å². The number of benzene rings is 2. The Morgan fingerprint density at radius 3 is 2.55 bits per heavy atom. The van der Waals surface area contributed by atoms with Gasteiger partial charge in [0.25, 0.3) is 5.91 Å². The summed E-state index contributed by atoms with van der Waals surface area (Å²) in [5.74, 6) is -0.243. The van der Waals surface area contributed by atoms with Crippen LogP contribution in [-0.2, 0) is 16.6 Å². The lowest BCUT2D eigenvalue weighted by Gasteiger charge is -2.31. The molecule has 0 radical (unpaired) electrons. The van der Waals surface area contributed by atoms with Gasteiger partial charge < -0.3 is 9.80 Å². The molecule has 1 aliphatic carbocycles. The van der Waals surface area contributed by atoms with Crippen LogP contribution in [0.3, 0.4) is 0 Å². The molecule has 8 heteroatoms. The van der Waals surface area contributed by atoms with Crippen molar-refractivity contribution < 1.29 is 13.2 Å². The maximum Gasteiger partial charge on any atom is 0.253 e. The Morgan fingerprint density at radius 2 is 1.84 bits per heavy atom. The molecule has 1 amide bonds. The molecule has 1 saturated carbocycles. The number of sulfonamides is 1. The van der Waals surface area contributed by atoms with E-state index < -0.39 is 10.0 Å². The third-order valence-corrected chi connectivity index (χ3v) is 7.81. The van der Waals surface area contributed by atoms with Gasteiger partial charge in [0.15, 0.2) is 0 Å². The minimum atomic E-state index is -3.75. The number of nitrogens with one attached hydrogen (secondary N) is 1. The second-order valence-corrected chi connectivity index (χ2v) is 10.5. The van der Waals surface area contributed by atoms with Crippen molar-refractivity contribution in [3.63, 3.8) is 0 Å². The van der Waals surface area contributed by atoms with Crippen molar-refractivity contribution in [1.29, 1.82) is 0 Å². The average Bonchev–Trinajstić information content (AvgIpc) is 3.57. The average molecular weight is 462 g/mol.